The van der Waals surface area contributed by atoms with E-state index in [4.69, 9.17) is 22.9 Å². The predicted octanol–water partition coefficient (Wildman–Crippen LogP) is -1.11. The van der Waals surface area contributed by atoms with Gasteiger partial charge in [0.15, 0.2) is 5.96 Å². The third-order valence-corrected chi connectivity index (χ3v) is 4.61. The molecule has 1 aromatic carbocycles. The Balaban J connectivity index is 2.79. The number of carbonyl (C=O) groups excluding carboxylic acids is 3. The Bertz CT molecular complexity index is 824. The summed E-state index contributed by atoms with van der Waals surface area (Å²) in [6.07, 6.45) is 2.65. The van der Waals surface area contributed by atoms with Crippen molar-refractivity contribution in [2.75, 3.05) is 6.54 Å². The second-order valence-corrected chi connectivity index (χ2v) is 7.84. The highest BCUT2D eigenvalue weighted by Crippen LogP contribution is 2.07. The number of hydrogen-bond donors (Lipinski definition) is 7. The van der Waals surface area contributed by atoms with E-state index in [2.05, 4.69) is 26.2 Å². The molecule has 4 amide bonds. The lowest BCUT2D eigenvalue weighted by Gasteiger charge is -2.25. The lowest BCUT2D eigenvalue weighted by atomic mass is 10.0. The molecule has 0 radical (unpaired) electrons. The van der Waals surface area contributed by atoms with Crippen molar-refractivity contribution in [2.24, 2.45) is 38.9 Å². The number of nitrogens with zero attached hydrogens (tertiary/aromatic N) is 2. The minimum absolute atomic E-state index is 0.0333. The van der Waals surface area contributed by atoms with Crippen LogP contribution in [0.15, 0.2) is 40.4 Å². The number of hydrazone groups is 1. The number of carbonyl (C=O) groups is 3. The topological polar surface area (TPSA) is 216 Å². The quantitative estimate of drug-likeness (QED) is 0.0835. The van der Waals surface area contributed by atoms with Crippen LogP contribution in [0.3, 0.4) is 0 Å². The molecule has 182 valence electrons. The minimum atomic E-state index is -0.837. The van der Waals surface area contributed by atoms with Crippen molar-refractivity contribution in [3.8, 4) is 0 Å². The average molecular weight is 462 g/mol. The van der Waals surface area contributed by atoms with Gasteiger partial charge in [0.25, 0.3) is 0 Å². The largest absolute Gasteiger partial charge is 0.370 e. The lowest BCUT2D eigenvalue weighted by Crippen LogP contribution is -2.55. The van der Waals surface area contributed by atoms with Crippen molar-refractivity contribution in [1.82, 2.24) is 16.1 Å². The van der Waals surface area contributed by atoms with Crippen molar-refractivity contribution >= 4 is 30.0 Å². The fraction of sp³-hybridized carbons (Fsp3) is 0.476. The molecule has 0 bridgehead atoms. The van der Waals surface area contributed by atoms with Gasteiger partial charge >= 0.3 is 6.03 Å². The minimum Gasteiger partial charge on any atom is -0.370 e. The Labute approximate surface area is 193 Å². The normalized spacial score (nSPS) is 13.7. The number of guanidine groups is 1. The van der Waals surface area contributed by atoms with Gasteiger partial charge in [0.2, 0.25) is 11.8 Å². The maximum Gasteiger partial charge on any atom is 0.332 e. The Kier molecular flexibility index (Phi) is 11.9. The first-order chi connectivity index (χ1) is 15.6. The van der Waals surface area contributed by atoms with E-state index in [0.717, 1.165) is 5.56 Å². The molecule has 33 heavy (non-hydrogen) atoms. The maximum absolute atomic E-state index is 12.9. The second-order valence-electron chi connectivity index (χ2n) is 7.84. The molecule has 11 N–H and O–H groups in total. The fourth-order valence-corrected chi connectivity index (χ4v) is 2.92. The third kappa shape index (κ3) is 11.5. The van der Waals surface area contributed by atoms with Crippen LogP contribution in [0.25, 0.3) is 0 Å². The molecule has 0 aliphatic heterocycles. The number of hydrogen-bond acceptors (Lipinski definition) is 6. The van der Waals surface area contributed by atoms with Crippen LogP contribution in [0, 0.1) is 5.92 Å². The van der Waals surface area contributed by atoms with Crippen LogP contribution in [0.1, 0.15) is 32.3 Å². The van der Waals surface area contributed by atoms with Crippen LogP contribution in [0.4, 0.5) is 4.79 Å². The molecule has 12 nitrogen and oxygen atoms in total. The van der Waals surface area contributed by atoms with Crippen LogP contribution in [0.5, 0.6) is 0 Å². The molecule has 0 unspecified atom stereocenters. The number of benzene rings is 1. The smallest absolute Gasteiger partial charge is 0.332 e. The zero-order valence-electron chi connectivity index (χ0n) is 19.0. The summed E-state index contributed by atoms with van der Waals surface area (Å²) in [6, 6.07) is 6.35. The van der Waals surface area contributed by atoms with Crippen molar-refractivity contribution in [1.29, 1.82) is 0 Å². The van der Waals surface area contributed by atoms with Gasteiger partial charge in [-0.3, -0.25) is 14.6 Å². The number of amides is 4. The summed E-state index contributed by atoms with van der Waals surface area (Å²) < 4.78 is 0. The Hall–Kier alpha value is -3.67. The summed E-state index contributed by atoms with van der Waals surface area (Å²) in [5, 5.41) is 9.26. The first-order valence-corrected chi connectivity index (χ1v) is 10.6. The highest BCUT2D eigenvalue weighted by atomic mass is 16.2. The molecule has 1 rings (SSSR count). The van der Waals surface area contributed by atoms with E-state index in [1.54, 1.807) is 0 Å². The third-order valence-electron chi connectivity index (χ3n) is 4.61. The molecule has 0 saturated carbocycles. The van der Waals surface area contributed by atoms with E-state index >= 15 is 0 Å². The Morgan fingerprint density at radius 1 is 1.03 bits per heavy atom. The van der Waals surface area contributed by atoms with Gasteiger partial charge in [-0.2, -0.15) is 5.10 Å². The molecular formula is C21H35N9O3. The van der Waals surface area contributed by atoms with Gasteiger partial charge in [0.05, 0.1) is 12.1 Å². The molecular weight excluding hydrogens is 426 g/mol. The molecule has 0 aliphatic rings. The van der Waals surface area contributed by atoms with E-state index in [0.29, 0.717) is 25.8 Å². The Morgan fingerprint density at radius 3 is 2.27 bits per heavy atom. The molecule has 0 fully saturated rings. The number of aliphatic imine (C=N–C) groups is 1. The van der Waals surface area contributed by atoms with E-state index in [1.807, 2.05) is 44.2 Å². The molecule has 1 aromatic rings. The van der Waals surface area contributed by atoms with Crippen molar-refractivity contribution in [3.63, 3.8) is 0 Å². The van der Waals surface area contributed by atoms with Gasteiger partial charge < -0.3 is 33.6 Å². The molecule has 0 saturated heterocycles. The van der Waals surface area contributed by atoms with Crippen molar-refractivity contribution in [2.45, 2.75) is 51.2 Å². The van der Waals surface area contributed by atoms with Gasteiger partial charge in [-0.1, -0.05) is 44.2 Å². The molecule has 0 heterocycles. The number of urea groups is 1. The first-order valence-electron chi connectivity index (χ1n) is 10.6. The van der Waals surface area contributed by atoms with Gasteiger partial charge in [-0.25, -0.2) is 10.2 Å². The lowest BCUT2D eigenvalue weighted by molar-refractivity contribution is -0.130. The van der Waals surface area contributed by atoms with Crippen LogP contribution >= 0.6 is 0 Å². The molecule has 12 heteroatoms. The van der Waals surface area contributed by atoms with E-state index in [1.165, 1.54) is 6.21 Å². The highest BCUT2D eigenvalue weighted by molar-refractivity contribution is 5.91. The van der Waals surface area contributed by atoms with Gasteiger partial charge in [0.1, 0.15) is 6.04 Å². The molecule has 0 aromatic heterocycles. The van der Waals surface area contributed by atoms with Gasteiger partial charge in [-0.15, -0.1) is 0 Å². The van der Waals surface area contributed by atoms with Gasteiger partial charge in [0, 0.05) is 12.8 Å². The SMILES string of the molecule is CC(C)[C@H](NC(=O)[C@@H](N)Cc1ccccc1)C(=O)N[C@H](/C=N/NC(N)=O)CCCN=C(N)N. The summed E-state index contributed by atoms with van der Waals surface area (Å²) in [6.45, 7) is 3.97. The number of primary amides is 1. The summed E-state index contributed by atoms with van der Waals surface area (Å²) in [5.74, 6) is -1.08. The standard InChI is InChI=1S/C21H35N9O3/c1-13(2)17(29-18(31)16(22)11-14-7-4-3-5-8-14)19(32)28-15(12-27-30-21(25)33)9-6-10-26-20(23)24/h3-5,7-8,12-13,15-17H,6,9-11,22H2,1-2H3,(H,28,32)(H,29,31)(H4,23,24,26)(H3,25,30,33)/b27-12+/t15-,16-,17-/m0/s1. The van der Waals surface area contributed by atoms with Gasteiger partial charge in [-0.05, 0) is 30.7 Å². The second kappa shape index (κ2) is 14.4. The van der Waals surface area contributed by atoms with Crippen LogP contribution in [-0.4, -0.2) is 54.7 Å². The summed E-state index contributed by atoms with van der Waals surface area (Å²) in [4.78, 5) is 40.3. The summed E-state index contributed by atoms with van der Waals surface area (Å²) in [5.41, 5.74) is 24.7. The zero-order valence-corrected chi connectivity index (χ0v) is 19.0. The van der Waals surface area contributed by atoms with E-state index in [-0.39, 0.29) is 11.9 Å². The highest BCUT2D eigenvalue weighted by Gasteiger charge is 2.27. The van der Waals surface area contributed by atoms with Crippen LogP contribution < -0.4 is 39.0 Å². The molecule has 0 aliphatic carbocycles. The van der Waals surface area contributed by atoms with Crippen LogP contribution in [-0.2, 0) is 16.0 Å². The molecule has 3 atom stereocenters. The monoisotopic (exact) mass is 461 g/mol. The summed E-state index contributed by atoms with van der Waals surface area (Å²) >= 11 is 0. The number of nitrogens with one attached hydrogen (secondary N) is 3. The van der Waals surface area contributed by atoms with Crippen molar-refractivity contribution < 1.29 is 14.4 Å². The number of rotatable bonds is 13. The van der Waals surface area contributed by atoms with E-state index in [9.17, 15) is 14.4 Å². The maximum atomic E-state index is 12.9. The predicted molar refractivity (Wildman–Crippen MR) is 128 cm³/mol. The first kappa shape index (κ1) is 27.4. The average Bonchev–Trinajstić information content (AvgIpc) is 2.74. The zero-order chi connectivity index (χ0) is 24.8. The summed E-state index contributed by atoms with van der Waals surface area (Å²) in [7, 11) is 0. The van der Waals surface area contributed by atoms with Crippen molar-refractivity contribution in [3.05, 3.63) is 35.9 Å². The van der Waals surface area contributed by atoms with E-state index < -0.39 is 36.0 Å². The number of nitrogens with two attached hydrogens (primary N) is 4. The Morgan fingerprint density at radius 2 is 1.70 bits per heavy atom. The molecule has 0 spiro atoms. The van der Waals surface area contributed by atoms with Crippen LogP contribution in [0.2, 0.25) is 0 Å². The fourth-order valence-electron chi connectivity index (χ4n) is 2.92.